The zero-order valence-corrected chi connectivity index (χ0v) is 21.4. The molecule has 4 atom stereocenters. The number of carbonyl (C=O) groups excluding carboxylic acids is 3. The summed E-state index contributed by atoms with van der Waals surface area (Å²) in [5.74, 6) is -1.03. The number of ether oxygens (including phenoxy) is 1. The van der Waals surface area contributed by atoms with Crippen molar-refractivity contribution < 1.29 is 24.2 Å². The van der Waals surface area contributed by atoms with Crippen LogP contribution in [0.15, 0.2) is 18.2 Å². The molecule has 3 heterocycles. The number of β-amino-alcohol motifs (C(OH)–C–C–N with tert-alkyl or cyclic N) is 1. The fraction of sp³-hybridized carbons (Fsp3) is 0.679. The molecule has 1 aromatic rings. The molecule has 2 amide bonds. The lowest BCUT2D eigenvalue weighted by Crippen LogP contribution is -2.45. The molecule has 1 aliphatic carbocycles. The number of aliphatic hydroxyl groups is 1. The third-order valence-corrected chi connectivity index (χ3v) is 8.99. The van der Waals surface area contributed by atoms with Gasteiger partial charge in [-0.2, -0.15) is 0 Å². The van der Waals surface area contributed by atoms with Gasteiger partial charge in [-0.25, -0.2) is 0 Å². The van der Waals surface area contributed by atoms with E-state index in [0.29, 0.717) is 23.1 Å². The van der Waals surface area contributed by atoms with Crippen molar-refractivity contribution in [1.82, 2.24) is 9.80 Å². The minimum Gasteiger partial charge on any atom is -0.388 e. The molecule has 8 heteroatoms. The normalized spacial score (nSPS) is 28.7. The summed E-state index contributed by atoms with van der Waals surface area (Å²) in [6.07, 6.45) is 4.35. The van der Waals surface area contributed by atoms with Gasteiger partial charge in [-0.05, 0) is 81.6 Å². The van der Waals surface area contributed by atoms with E-state index in [9.17, 15) is 19.5 Å². The monoisotopic (exact) mass is 497 g/mol. The van der Waals surface area contributed by atoms with Gasteiger partial charge in [0, 0.05) is 11.6 Å². The van der Waals surface area contributed by atoms with Crippen molar-refractivity contribution in [1.29, 1.82) is 0 Å². The first kappa shape index (κ1) is 25.4. The molecular formula is C28H39N3O5. The van der Waals surface area contributed by atoms with Crippen molar-refractivity contribution in [3.05, 3.63) is 34.9 Å². The first-order chi connectivity index (χ1) is 17.3. The Balaban J connectivity index is 1.50. The SMILES string of the molecule is CC(C)N1CCC(c2ccc(C(N)=O)c([C@@H](C(=O)N3C[C@H](O)[C@H]4OCC(=O)[C@H]43)C3CCCC3)c2)CC1. The van der Waals surface area contributed by atoms with Gasteiger partial charge >= 0.3 is 0 Å². The average molecular weight is 498 g/mol. The lowest BCUT2D eigenvalue weighted by Gasteiger charge is -2.35. The van der Waals surface area contributed by atoms with Crippen molar-refractivity contribution >= 4 is 17.6 Å². The lowest BCUT2D eigenvalue weighted by molar-refractivity contribution is -0.139. The number of aliphatic hydroxyl groups excluding tert-OH is 1. The number of benzene rings is 1. The molecule has 0 aromatic heterocycles. The Hall–Kier alpha value is -2.29. The molecule has 4 aliphatic rings. The van der Waals surface area contributed by atoms with Crippen LogP contribution in [0, 0.1) is 5.92 Å². The van der Waals surface area contributed by atoms with E-state index >= 15 is 0 Å². The van der Waals surface area contributed by atoms with Gasteiger partial charge in [0.2, 0.25) is 11.8 Å². The van der Waals surface area contributed by atoms with Crippen LogP contribution in [0.3, 0.4) is 0 Å². The highest BCUT2D eigenvalue weighted by atomic mass is 16.5. The van der Waals surface area contributed by atoms with Crippen LogP contribution in [-0.2, 0) is 14.3 Å². The van der Waals surface area contributed by atoms with Crippen LogP contribution in [0.5, 0.6) is 0 Å². The molecule has 196 valence electrons. The Morgan fingerprint density at radius 3 is 2.44 bits per heavy atom. The van der Waals surface area contributed by atoms with Crippen molar-refractivity contribution in [2.75, 3.05) is 26.2 Å². The lowest BCUT2D eigenvalue weighted by atomic mass is 9.78. The quantitative estimate of drug-likeness (QED) is 0.623. The Labute approximate surface area is 213 Å². The smallest absolute Gasteiger partial charge is 0.249 e. The molecule has 5 rings (SSSR count). The second-order valence-electron chi connectivity index (χ2n) is 11.4. The van der Waals surface area contributed by atoms with E-state index in [2.05, 4.69) is 18.7 Å². The number of piperidine rings is 1. The van der Waals surface area contributed by atoms with Gasteiger partial charge in [-0.1, -0.05) is 25.0 Å². The van der Waals surface area contributed by atoms with Gasteiger partial charge in [-0.3, -0.25) is 14.4 Å². The Bertz CT molecular complexity index is 1010. The highest BCUT2D eigenvalue weighted by Gasteiger charge is 2.53. The second-order valence-corrected chi connectivity index (χ2v) is 11.4. The summed E-state index contributed by atoms with van der Waals surface area (Å²) in [6, 6.07) is 5.61. The standard InChI is InChI=1S/C28H39N3O5/c1-16(2)30-11-9-17(10-12-30)19-7-8-20(27(29)34)21(13-19)24(18-5-3-4-6-18)28(35)31-14-22(32)26-25(31)23(33)15-36-26/h7-8,13,16-18,22,24-26,32H,3-6,9-12,14-15H2,1-2H3,(H2,29,34)/t22-,24-,25+,26+/m0/s1. The summed E-state index contributed by atoms with van der Waals surface area (Å²) in [5, 5.41) is 10.5. The van der Waals surface area contributed by atoms with Crippen LogP contribution in [0.25, 0.3) is 0 Å². The first-order valence-corrected chi connectivity index (χ1v) is 13.6. The number of likely N-dealkylation sites (tertiary alicyclic amines) is 2. The second kappa shape index (κ2) is 10.2. The van der Waals surface area contributed by atoms with Crippen molar-refractivity contribution in [3.8, 4) is 0 Å². The van der Waals surface area contributed by atoms with E-state index in [4.69, 9.17) is 10.5 Å². The van der Waals surface area contributed by atoms with Crippen molar-refractivity contribution in [3.63, 3.8) is 0 Å². The summed E-state index contributed by atoms with van der Waals surface area (Å²) in [6.45, 7) is 6.48. The number of primary amides is 1. The maximum atomic E-state index is 14.2. The molecular weight excluding hydrogens is 458 g/mol. The van der Waals surface area contributed by atoms with E-state index in [1.54, 1.807) is 6.07 Å². The third-order valence-electron chi connectivity index (χ3n) is 8.99. The maximum absolute atomic E-state index is 14.2. The van der Waals surface area contributed by atoms with E-state index in [1.807, 2.05) is 12.1 Å². The van der Waals surface area contributed by atoms with E-state index in [0.717, 1.165) is 57.2 Å². The number of hydrogen-bond donors (Lipinski definition) is 2. The van der Waals surface area contributed by atoms with Crippen LogP contribution < -0.4 is 5.73 Å². The third kappa shape index (κ3) is 4.59. The molecule has 0 bridgehead atoms. The van der Waals surface area contributed by atoms with E-state index in [-0.39, 0.29) is 30.8 Å². The van der Waals surface area contributed by atoms with Gasteiger partial charge in [0.05, 0.1) is 12.5 Å². The van der Waals surface area contributed by atoms with Gasteiger partial charge in [0.15, 0.2) is 5.78 Å². The largest absolute Gasteiger partial charge is 0.388 e. The van der Waals surface area contributed by atoms with Gasteiger partial charge < -0.3 is 25.4 Å². The predicted octanol–water partition coefficient (Wildman–Crippen LogP) is 2.19. The molecule has 3 saturated heterocycles. The van der Waals surface area contributed by atoms with Crippen molar-refractivity contribution in [2.45, 2.75) is 88.5 Å². The number of nitrogens with two attached hydrogens (primary N) is 1. The number of fused-ring (bicyclic) bond motifs is 1. The number of ketones is 1. The van der Waals surface area contributed by atoms with Gasteiger partial charge in [-0.15, -0.1) is 0 Å². The summed E-state index contributed by atoms with van der Waals surface area (Å²) in [5.41, 5.74) is 8.05. The first-order valence-electron chi connectivity index (χ1n) is 13.6. The molecule has 3 aliphatic heterocycles. The fourth-order valence-electron chi connectivity index (χ4n) is 6.98. The minimum absolute atomic E-state index is 0.0715. The summed E-state index contributed by atoms with van der Waals surface area (Å²) >= 11 is 0. The number of amides is 2. The zero-order chi connectivity index (χ0) is 25.6. The molecule has 8 nitrogen and oxygen atoms in total. The van der Waals surface area contributed by atoms with Gasteiger partial charge in [0.1, 0.15) is 24.9 Å². The molecule has 1 saturated carbocycles. The van der Waals surface area contributed by atoms with Crippen LogP contribution >= 0.6 is 0 Å². The highest BCUT2D eigenvalue weighted by molar-refractivity contribution is 5.99. The fourth-order valence-corrected chi connectivity index (χ4v) is 6.98. The van der Waals surface area contributed by atoms with Crippen LogP contribution in [0.2, 0.25) is 0 Å². The summed E-state index contributed by atoms with van der Waals surface area (Å²) in [4.78, 5) is 43.3. The summed E-state index contributed by atoms with van der Waals surface area (Å²) < 4.78 is 5.51. The molecule has 0 radical (unpaired) electrons. The molecule has 0 spiro atoms. The Morgan fingerprint density at radius 1 is 1.11 bits per heavy atom. The maximum Gasteiger partial charge on any atom is 0.249 e. The highest BCUT2D eigenvalue weighted by Crippen LogP contribution is 2.43. The number of carbonyl (C=O) groups is 3. The Kier molecular flexibility index (Phi) is 7.21. The number of Topliss-reactive ketones (excluding diaryl/α,β-unsaturated/α-hetero) is 1. The van der Waals surface area contributed by atoms with Crippen LogP contribution in [0.4, 0.5) is 0 Å². The molecule has 36 heavy (non-hydrogen) atoms. The van der Waals surface area contributed by atoms with Crippen molar-refractivity contribution in [2.24, 2.45) is 11.7 Å². The molecule has 1 aromatic carbocycles. The Morgan fingerprint density at radius 2 is 1.81 bits per heavy atom. The number of nitrogens with zero attached hydrogens (tertiary/aromatic N) is 2. The molecule has 0 unspecified atom stereocenters. The van der Waals surface area contributed by atoms with E-state index < -0.39 is 30.1 Å². The zero-order valence-electron chi connectivity index (χ0n) is 21.4. The summed E-state index contributed by atoms with van der Waals surface area (Å²) in [7, 11) is 0. The topological polar surface area (TPSA) is 113 Å². The number of rotatable bonds is 6. The van der Waals surface area contributed by atoms with Gasteiger partial charge in [0.25, 0.3) is 0 Å². The average Bonchev–Trinajstić information content (AvgIpc) is 3.59. The molecule has 4 fully saturated rings. The van der Waals surface area contributed by atoms with E-state index in [1.165, 1.54) is 4.90 Å². The number of hydrogen-bond acceptors (Lipinski definition) is 6. The van der Waals surface area contributed by atoms with Crippen LogP contribution in [-0.4, -0.2) is 83.0 Å². The predicted molar refractivity (Wildman–Crippen MR) is 135 cm³/mol. The minimum atomic E-state index is -0.886. The van der Waals surface area contributed by atoms with Crippen LogP contribution in [0.1, 0.15) is 85.7 Å². The molecule has 3 N–H and O–H groups in total.